The van der Waals surface area contributed by atoms with Crippen molar-refractivity contribution in [1.29, 1.82) is 0 Å². The SMILES string of the molecule is CC1(C)c2cccc(-c3cccc(-c4cccc(-c5nc(-c6ccccc6)nc(-c6ccc(-c7ccccc7)nc6)n5)c4)c3)c2-c2c1ccc1ccccc21. The van der Waals surface area contributed by atoms with Gasteiger partial charge in [-0.15, -0.1) is 0 Å². The summed E-state index contributed by atoms with van der Waals surface area (Å²) < 4.78 is 0. The van der Waals surface area contributed by atoms with E-state index in [1.165, 1.54) is 44.2 Å². The van der Waals surface area contributed by atoms with E-state index >= 15 is 0 Å². The summed E-state index contributed by atoms with van der Waals surface area (Å²) in [6.07, 6.45) is 1.85. The van der Waals surface area contributed by atoms with E-state index in [4.69, 9.17) is 19.9 Å². The van der Waals surface area contributed by atoms with Gasteiger partial charge in [0, 0.05) is 33.9 Å². The van der Waals surface area contributed by atoms with E-state index < -0.39 is 0 Å². The van der Waals surface area contributed by atoms with E-state index in [9.17, 15) is 0 Å². The molecule has 0 fully saturated rings. The maximum atomic E-state index is 5.04. The van der Waals surface area contributed by atoms with Gasteiger partial charge in [0.15, 0.2) is 17.5 Å². The summed E-state index contributed by atoms with van der Waals surface area (Å²) in [6.45, 7) is 4.70. The van der Waals surface area contributed by atoms with Crippen molar-refractivity contribution < 1.29 is 0 Å². The minimum Gasteiger partial charge on any atom is -0.255 e. The van der Waals surface area contributed by atoms with Crippen LogP contribution in [-0.4, -0.2) is 19.9 Å². The van der Waals surface area contributed by atoms with Crippen LogP contribution in [0.25, 0.3) is 89.6 Å². The van der Waals surface area contributed by atoms with Gasteiger partial charge in [0.1, 0.15) is 0 Å². The number of hydrogen-bond acceptors (Lipinski definition) is 4. The molecule has 0 unspecified atom stereocenters. The minimum atomic E-state index is -0.0986. The van der Waals surface area contributed by atoms with Crippen LogP contribution < -0.4 is 0 Å². The Kier molecular flexibility index (Phi) is 7.77. The van der Waals surface area contributed by atoms with Crippen LogP contribution in [0.2, 0.25) is 0 Å². The molecule has 9 aromatic rings. The zero-order chi connectivity index (χ0) is 36.9. The highest BCUT2D eigenvalue weighted by Gasteiger charge is 2.37. The molecular weight excluding hydrogens is 669 g/mol. The van der Waals surface area contributed by atoms with Crippen molar-refractivity contribution in [3.05, 3.63) is 193 Å². The van der Waals surface area contributed by atoms with Crippen molar-refractivity contribution in [3.8, 4) is 78.8 Å². The molecule has 0 saturated carbocycles. The zero-order valence-electron chi connectivity index (χ0n) is 30.6. The molecule has 10 rings (SSSR count). The largest absolute Gasteiger partial charge is 0.255 e. The van der Waals surface area contributed by atoms with Crippen molar-refractivity contribution in [2.45, 2.75) is 19.3 Å². The van der Waals surface area contributed by atoms with Crippen molar-refractivity contribution in [3.63, 3.8) is 0 Å². The number of aromatic nitrogens is 4. The van der Waals surface area contributed by atoms with Crippen LogP contribution in [0.3, 0.4) is 0 Å². The molecule has 0 atom stereocenters. The van der Waals surface area contributed by atoms with Crippen LogP contribution in [0.1, 0.15) is 25.0 Å². The highest BCUT2D eigenvalue weighted by molar-refractivity contribution is 6.06. The second-order valence-corrected chi connectivity index (χ2v) is 14.7. The fourth-order valence-corrected chi connectivity index (χ4v) is 8.15. The van der Waals surface area contributed by atoms with Gasteiger partial charge in [0.05, 0.1) is 5.69 Å². The van der Waals surface area contributed by atoms with Gasteiger partial charge in [-0.3, -0.25) is 4.98 Å². The quantitative estimate of drug-likeness (QED) is 0.173. The number of fused-ring (bicyclic) bond motifs is 5. The maximum Gasteiger partial charge on any atom is 0.165 e. The number of benzene rings is 7. The molecule has 0 spiro atoms. The monoisotopic (exact) mass is 704 g/mol. The van der Waals surface area contributed by atoms with Crippen molar-refractivity contribution in [2.75, 3.05) is 0 Å². The Hall–Kier alpha value is -7.04. The van der Waals surface area contributed by atoms with Crippen LogP contribution in [0.5, 0.6) is 0 Å². The summed E-state index contributed by atoms with van der Waals surface area (Å²) >= 11 is 0. The summed E-state index contributed by atoms with van der Waals surface area (Å²) in [5.41, 5.74) is 14.6. The number of rotatable bonds is 6. The third kappa shape index (κ3) is 5.71. The van der Waals surface area contributed by atoms with Gasteiger partial charge >= 0.3 is 0 Å². The summed E-state index contributed by atoms with van der Waals surface area (Å²) in [7, 11) is 0. The van der Waals surface area contributed by atoms with E-state index in [1.54, 1.807) is 0 Å². The van der Waals surface area contributed by atoms with Gasteiger partial charge in [-0.25, -0.2) is 15.0 Å². The standard InChI is InChI=1S/C51H36N4/c1-51(2)43-25-13-24-42(47(43)46-41-23-10-9-14-33(41)26-28-44(46)51)38-21-11-19-36(30-38)37-20-12-22-39(31-37)49-53-48(35-17-7-4-8-18-35)54-50(55-49)40-27-29-45(52-32-40)34-15-5-3-6-16-34/h3-32H,1-2H3. The predicted octanol–water partition coefficient (Wildman–Crippen LogP) is 12.7. The lowest BCUT2D eigenvalue weighted by molar-refractivity contribution is 0.661. The fourth-order valence-electron chi connectivity index (χ4n) is 8.15. The average Bonchev–Trinajstić information content (AvgIpc) is 3.50. The van der Waals surface area contributed by atoms with Crippen molar-refractivity contribution in [1.82, 2.24) is 19.9 Å². The van der Waals surface area contributed by atoms with Gasteiger partial charge in [-0.2, -0.15) is 0 Å². The zero-order valence-corrected chi connectivity index (χ0v) is 30.6. The Bertz CT molecular complexity index is 2880. The van der Waals surface area contributed by atoms with Gasteiger partial charge in [-0.1, -0.05) is 166 Å². The summed E-state index contributed by atoms with van der Waals surface area (Å²) in [4.78, 5) is 19.8. The molecule has 0 amide bonds. The summed E-state index contributed by atoms with van der Waals surface area (Å²) in [6, 6.07) is 61.9. The second-order valence-electron chi connectivity index (χ2n) is 14.7. The maximum absolute atomic E-state index is 5.04. The minimum absolute atomic E-state index is 0.0986. The molecule has 0 saturated heterocycles. The lowest BCUT2D eigenvalue weighted by Gasteiger charge is -2.21. The highest BCUT2D eigenvalue weighted by Crippen LogP contribution is 2.54. The summed E-state index contributed by atoms with van der Waals surface area (Å²) in [5.74, 6) is 1.81. The van der Waals surface area contributed by atoms with E-state index in [1.807, 2.05) is 66.9 Å². The van der Waals surface area contributed by atoms with Gasteiger partial charge in [0.25, 0.3) is 0 Å². The summed E-state index contributed by atoms with van der Waals surface area (Å²) in [5, 5.41) is 2.57. The van der Waals surface area contributed by atoms with Crippen molar-refractivity contribution in [2.24, 2.45) is 0 Å². The highest BCUT2D eigenvalue weighted by atomic mass is 15.0. The van der Waals surface area contributed by atoms with Crippen LogP contribution in [-0.2, 0) is 5.41 Å². The van der Waals surface area contributed by atoms with E-state index in [0.29, 0.717) is 17.5 Å². The predicted molar refractivity (Wildman–Crippen MR) is 225 cm³/mol. The van der Waals surface area contributed by atoms with E-state index in [2.05, 4.69) is 129 Å². The Morgan fingerprint density at radius 1 is 0.382 bits per heavy atom. The first-order chi connectivity index (χ1) is 27.0. The molecule has 4 heteroatoms. The molecule has 0 bridgehead atoms. The number of nitrogens with zero attached hydrogens (tertiary/aromatic N) is 4. The molecule has 1 aliphatic rings. The molecule has 1 aliphatic carbocycles. The first-order valence-electron chi connectivity index (χ1n) is 18.7. The molecule has 0 radical (unpaired) electrons. The van der Waals surface area contributed by atoms with Crippen LogP contribution in [0.4, 0.5) is 0 Å². The van der Waals surface area contributed by atoms with Gasteiger partial charge in [-0.05, 0) is 79.5 Å². The molecule has 0 N–H and O–H groups in total. The smallest absolute Gasteiger partial charge is 0.165 e. The first-order valence-corrected chi connectivity index (χ1v) is 18.7. The Balaban J connectivity index is 1.06. The Labute approximate surface area is 320 Å². The van der Waals surface area contributed by atoms with Crippen molar-refractivity contribution >= 4 is 10.8 Å². The molecule has 4 nitrogen and oxygen atoms in total. The van der Waals surface area contributed by atoms with Gasteiger partial charge in [0.2, 0.25) is 0 Å². The lowest BCUT2D eigenvalue weighted by Crippen LogP contribution is -2.14. The molecule has 7 aromatic carbocycles. The third-order valence-corrected chi connectivity index (χ3v) is 11.0. The van der Waals surface area contributed by atoms with E-state index in [-0.39, 0.29) is 5.41 Å². The van der Waals surface area contributed by atoms with Crippen LogP contribution in [0.15, 0.2) is 182 Å². The molecule has 55 heavy (non-hydrogen) atoms. The fraction of sp³-hybridized carbons (Fsp3) is 0.0588. The Morgan fingerprint density at radius 3 is 1.67 bits per heavy atom. The number of pyridine rings is 1. The average molecular weight is 705 g/mol. The topological polar surface area (TPSA) is 51.6 Å². The third-order valence-electron chi connectivity index (χ3n) is 11.0. The van der Waals surface area contributed by atoms with E-state index in [0.717, 1.165) is 39.1 Å². The second kappa shape index (κ2) is 13.1. The Morgan fingerprint density at radius 2 is 0.945 bits per heavy atom. The van der Waals surface area contributed by atoms with Gasteiger partial charge < -0.3 is 0 Å². The lowest BCUT2D eigenvalue weighted by atomic mass is 9.81. The molecule has 2 heterocycles. The first kappa shape index (κ1) is 32.6. The molecular formula is C51H36N4. The molecule has 2 aromatic heterocycles. The normalized spacial score (nSPS) is 12.7. The van der Waals surface area contributed by atoms with Crippen LogP contribution >= 0.6 is 0 Å². The number of hydrogen-bond donors (Lipinski definition) is 0. The molecule has 260 valence electrons. The molecule has 0 aliphatic heterocycles. The van der Waals surface area contributed by atoms with Crippen LogP contribution in [0, 0.1) is 0 Å².